The fraction of sp³-hybridized carbons (Fsp3) is 0.692. The van der Waals surface area contributed by atoms with Crippen molar-refractivity contribution in [3.63, 3.8) is 0 Å². The zero-order valence-electron chi connectivity index (χ0n) is 10.6. The Morgan fingerprint density at radius 1 is 1.59 bits per heavy atom. The molecule has 94 valence electrons. The first kappa shape index (κ1) is 12.3. The van der Waals surface area contributed by atoms with E-state index < -0.39 is 0 Å². The standard InChI is InChI=1S/C13H20N2O2/c1-3-10-8-11(15(2)14-10)9-12(16)13-6-4-5-7-17-13/h8,13H,3-7,9H2,1-2H3. The number of ketones is 1. The summed E-state index contributed by atoms with van der Waals surface area (Å²) in [7, 11) is 1.89. The highest BCUT2D eigenvalue weighted by molar-refractivity contribution is 5.85. The van der Waals surface area contributed by atoms with Crippen LogP contribution >= 0.6 is 0 Å². The Bertz CT molecular complexity index is 392. The molecule has 0 bridgehead atoms. The van der Waals surface area contributed by atoms with Crippen LogP contribution in [0.5, 0.6) is 0 Å². The number of Topliss-reactive ketones (excluding diaryl/α,β-unsaturated/α-hetero) is 1. The first-order valence-corrected chi connectivity index (χ1v) is 6.36. The Balaban J connectivity index is 1.99. The number of hydrogen-bond acceptors (Lipinski definition) is 3. The summed E-state index contributed by atoms with van der Waals surface area (Å²) in [6, 6.07) is 2.01. The number of aromatic nitrogens is 2. The van der Waals surface area contributed by atoms with Gasteiger partial charge in [0, 0.05) is 19.3 Å². The van der Waals surface area contributed by atoms with E-state index in [4.69, 9.17) is 4.74 Å². The first-order chi connectivity index (χ1) is 8.20. The number of aryl methyl sites for hydroxylation is 2. The van der Waals surface area contributed by atoms with E-state index in [0.29, 0.717) is 6.42 Å². The summed E-state index contributed by atoms with van der Waals surface area (Å²) in [6.07, 6.45) is 4.20. The van der Waals surface area contributed by atoms with E-state index >= 15 is 0 Å². The monoisotopic (exact) mass is 236 g/mol. The van der Waals surface area contributed by atoms with Crippen LogP contribution in [0.2, 0.25) is 0 Å². The van der Waals surface area contributed by atoms with Crippen LogP contribution in [0.15, 0.2) is 6.07 Å². The Hall–Kier alpha value is -1.16. The van der Waals surface area contributed by atoms with Crippen molar-refractivity contribution in [2.45, 2.75) is 45.1 Å². The SMILES string of the molecule is CCc1cc(CC(=O)C2CCCCO2)n(C)n1. The van der Waals surface area contributed by atoms with Crippen molar-refractivity contribution in [1.82, 2.24) is 9.78 Å². The van der Waals surface area contributed by atoms with E-state index in [2.05, 4.69) is 12.0 Å². The molecule has 17 heavy (non-hydrogen) atoms. The Morgan fingerprint density at radius 3 is 3.00 bits per heavy atom. The third-order valence-electron chi connectivity index (χ3n) is 3.28. The molecule has 1 atom stereocenters. The minimum atomic E-state index is -0.191. The van der Waals surface area contributed by atoms with Crippen LogP contribution in [-0.4, -0.2) is 28.3 Å². The van der Waals surface area contributed by atoms with E-state index in [-0.39, 0.29) is 11.9 Å². The third-order valence-corrected chi connectivity index (χ3v) is 3.28. The molecule has 1 aromatic rings. The van der Waals surface area contributed by atoms with E-state index in [1.165, 1.54) is 0 Å². The predicted octanol–water partition coefficient (Wildman–Crippen LogP) is 1.66. The molecule has 1 unspecified atom stereocenters. The smallest absolute Gasteiger partial charge is 0.167 e. The molecule has 0 amide bonds. The van der Waals surface area contributed by atoms with Crippen LogP contribution in [0.1, 0.15) is 37.6 Å². The highest BCUT2D eigenvalue weighted by atomic mass is 16.5. The molecule has 0 aromatic carbocycles. The Morgan fingerprint density at radius 2 is 2.41 bits per heavy atom. The number of carbonyl (C=O) groups is 1. The van der Waals surface area contributed by atoms with Crippen LogP contribution in [0.3, 0.4) is 0 Å². The summed E-state index contributed by atoms with van der Waals surface area (Å²) in [6.45, 7) is 2.79. The summed E-state index contributed by atoms with van der Waals surface area (Å²) in [5, 5.41) is 4.35. The zero-order valence-corrected chi connectivity index (χ0v) is 10.6. The molecule has 0 spiro atoms. The zero-order chi connectivity index (χ0) is 12.3. The Kier molecular flexibility index (Phi) is 3.94. The van der Waals surface area contributed by atoms with Gasteiger partial charge in [-0.25, -0.2) is 0 Å². The second-order valence-electron chi connectivity index (χ2n) is 4.60. The van der Waals surface area contributed by atoms with E-state index in [1.807, 2.05) is 13.1 Å². The number of hydrogen-bond donors (Lipinski definition) is 0. The molecule has 1 fully saturated rings. The molecule has 0 aliphatic carbocycles. The molecule has 2 heterocycles. The molecule has 0 radical (unpaired) electrons. The van der Waals surface area contributed by atoms with Gasteiger partial charge in [-0.3, -0.25) is 9.48 Å². The van der Waals surface area contributed by atoms with Gasteiger partial charge in [0.1, 0.15) is 6.10 Å². The number of ether oxygens (including phenoxy) is 1. The molecule has 4 heteroatoms. The highest BCUT2D eigenvalue weighted by Crippen LogP contribution is 2.16. The van der Waals surface area contributed by atoms with Gasteiger partial charge >= 0.3 is 0 Å². The molecule has 2 rings (SSSR count). The maximum absolute atomic E-state index is 12.1. The van der Waals surface area contributed by atoms with Crippen molar-refractivity contribution in [3.05, 3.63) is 17.5 Å². The van der Waals surface area contributed by atoms with Crippen molar-refractivity contribution in [2.75, 3.05) is 6.61 Å². The van der Waals surface area contributed by atoms with Crippen LogP contribution in [0.4, 0.5) is 0 Å². The van der Waals surface area contributed by atoms with Crippen molar-refractivity contribution in [1.29, 1.82) is 0 Å². The number of carbonyl (C=O) groups excluding carboxylic acids is 1. The van der Waals surface area contributed by atoms with E-state index in [0.717, 1.165) is 43.7 Å². The molecule has 1 saturated heterocycles. The minimum Gasteiger partial charge on any atom is -0.370 e. The lowest BCUT2D eigenvalue weighted by Crippen LogP contribution is -2.29. The maximum atomic E-state index is 12.1. The van der Waals surface area contributed by atoms with Crippen molar-refractivity contribution < 1.29 is 9.53 Å². The number of nitrogens with zero attached hydrogens (tertiary/aromatic N) is 2. The average Bonchev–Trinajstić information content (AvgIpc) is 2.71. The van der Waals surface area contributed by atoms with Crippen LogP contribution in [0, 0.1) is 0 Å². The molecule has 1 aliphatic rings. The van der Waals surface area contributed by atoms with Gasteiger partial charge in [-0.1, -0.05) is 6.92 Å². The van der Waals surface area contributed by atoms with E-state index in [9.17, 15) is 4.79 Å². The Labute approximate surface area is 102 Å². The lowest BCUT2D eigenvalue weighted by molar-refractivity contribution is -0.132. The maximum Gasteiger partial charge on any atom is 0.167 e. The summed E-state index contributed by atoms with van der Waals surface area (Å²) in [5.41, 5.74) is 2.03. The summed E-state index contributed by atoms with van der Waals surface area (Å²) in [4.78, 5) is 12.1. The average molecular weight is 236 g/mol. The number of rotatable bonds is 4. The minimum absolute atomic E-state index is 0.190. The highest BCUT2D eigenvalue weighted by Gasteiger charge is 2.22. The second kappa shape index (κ2) is 5.45. The molecular formula is C13H20N2O2. The van der Waals surface area contributed by atoms with Crippen molar-refractivity contribution in [2.24, 2.45) is 7.05 Å². The molecular weight excluding hydrogens is 216 g/mol. The van der Waals surface area contributed by atoms with Gasteiger partial charge < -0.3 is 4.74 Å². The topological polar surface area (TPSA) is 44.1 Å². The first-order valence-electron chi connectivity index (χ1n) is 6.36. The van der Waals surface area contributed by atoms with Crippen LogP contribution in [0.25, 0.3) is 0 Å². The summed E-state index contributed by atoms with van der Waals surface area (Å²) >= 11 is 0. The second-order valence-corrected chi connectivity index (χ2v) is 4.60. The molecule has 0 N–H and O–H groups in total. The van der Waals surface area contributed by atoms with Gasteiger partial charge in [-0.05, 0) is 31.7 Å². The predicted molar refractivity (Wildman–Crippen MR) is 64.9 cm³/mol. The summed E-state index contributed by atoms with van der Waals surface area (Å²) in [5.74, 6) is 0.190. The normalized spacial score (nSPS) is 20.5. The van der Waals surface area contributed by atoms with Gasteiger partial charge in [0.25, 0.3) is 0 Å². The van der Waals surface area contributed by atoms with Gasteiger partial charge in [0.15, 0.2) is 5.78 Å². The van der Waals surface area contributed by atoms with E-state index in [1.54, 1.807) is 4.68 Å². The molecule has 4 nitrogen and oxygen atoms in total. The molecule has 1 aliphatic heterocycles. The third kappa shape index (κ3) is 2.94. The van der Waals surface area contributed by atoms with Gasteiger partial charge in [0.2, 0.25) is 0 Å². The van der Waals surface area contributed by atoms with Gasteiger partial charge in [-0.15, -0.1) is 0 Å². The molecule has 1 aromatic heterocycles. The fourth-order valence-corrected chi connectivity index (χ4v) is 2.20. The van der Waals surface area contributed by atoms with Crippen molar-refractivity contribution in [3.8, 4) is 0 Å². The lowest BCUT2D eigenvalue weighted by Gasteiger charge is -2.21. The van der Waals surface area contributed by atoms with Crippen molar-refractivity contribution >= 4 is 5.78 Å². The van der Waals surface area contributed by atoms with Crippen LogP contribution < -0.4 is 0 Å². The van der Waals surface area contributed by atoms with Crippen LogP contribution in [-0.2, 0) is 29.4 Å². The lowest BCUT2D eigenvalue weighted by atomic mass is 10.0. The van der Waals surface area contributed by atoms with Gasteiger partial charge in [0.05, 0.1) is 12.1 Å². The largest absolute Gasteiger partial charge is 0.370 e. The molecule has 0 saturated carbocycles. The summed E-state index contributed by atoms with van der Waals surface area (Å²) < 4.78 is 7.31. The van der Waals surface area contributed by atoms with Gasteiger partial charge in [-0.2, -0.15) is 5.10 Å². The quantitative estimate of drug-likeness (QED) is 0.798. The fourth-order valence-electron chi connectivity index (χ4n) is 2.20.